The van der Waals surface area contributed by atoms with Gasteiger partial charge in [0.1, 0.15) is 23.0 Å². The summed E-state index contributed by atoms with van der Waals surface area (Å²) in [6, 6.07) is 14.0. The number of nitrogens with zero attached hydrogens (tertiary/aromatic N) is 2. The van der Waals surface area contributed by atoms with Crippen molar-refractivity contribution in [3.05, 3.63) is 65.9 Å². The van der Waals surface area contributed by atoms with Gasteiger partial charge in [-0.2, -0.15) is 0 Å². The second-order valence-electron chi connectivity index (χ2n) is 7.71. The van der Waals surface area contributed by atoms with Crippen LogP contribution in [0.15, 0.2) is 52.9 Å². The lowest BCUT2D eigenvalue weighted by molar-refractivity contribution is -0.123. The minimum Gasteiger partial charge on any atom is -0.459 e. The quantitative estimate of drug-likeness (QED) is 0.525. The summed E-state index contributed by atoms with van der Waals surface area (Å²) in [4.78, 5) is 17.6. The van der Waals surface area contributed by atoms with Gasteiger partial charge in [-0.1, -0.05) is 12.1 Å². The van der Waals surface area contributed by atoms with Crippen molar-refractivity contribution >= 4 is 27.9 Å². The minimum absolute atomic E-state index is 0.00356. The van der Waals surface area contributed by atoms with E-state index in [1.165, 1.54) is 12.1 Å². The Morgan fingerprint density at radius 1 is 1.31 bits per heavy atom. The van der Waals surface area contributed by atoms with Crippen LogP contribution in [0.4, 0.5) is 4.39 Å². The highest BCUT2D eigenvalue weighted by atomic mass is 19.1. The van der Waals surface area contributed by atoms with Gasteiger partial charge in [-0.15, -0.1) is 0 Å². The van der Waals surface area contributed by atoms with Crippen LogP contribution in [0, 0.1) is 11.7 Å². The van der Waals surface area contributed by atoms with Crippen LogP contribution in [0.3, 0.4) is 0 Å². The SMILES string of the molecule is CCn1c([C@H]2C[C@@H]2C(=O)N[C@H](C)c2cc3cc(F)ccc3o2)nc2ccccc21. The third kappa shape index (κ3) is 3.09. The molecule has 0 saturated heterocycles. The van der Waals surface area contributed by atoms with E-state index in [0.29, 0.717) is 16.7 Å². The topological polar surface area (TPSA) is 60.1 Å². The summed E-state index contributed by atoms with van der Waals surface area (Å²) in [6.45, 7) is 4.80. The molecule has 4 aromatic rings. The van der Waals surface area contributed by atoms with E-state index in [0.717, 1.165) is 29.8 Å². The maximum Gasteiger partial charge on any atom is 0.224 e. The molecule has 0 bridgehead atoms. The van der Waals surface area contributed by atoms with E-state index in [9.17, 15) is 9.18 Å². The first-order valence-electron chi connectivity index (χ1n) is 9.99. The van der Waals surface area contributed by atoms with Crippen molar-refractivity contribution < 1.29 is 13.6 Å². The number of aryl methyl sites for hydroxylation is 1. The highest BCUT2D eigenvalue weighted by Crippen LogP contribution is 2.48. The van der Waals surface area contributed by atoms with E-state index < -0.39 is 0 Å². The molecule has 6 heteroatoms. The lowest BCUT2D eigenvalue weighted by atomic mass is 10.2. The van der Waals surface area contributed by atoms with Crippen molar-refractivity contribution in [2.75, 3.05) is 0 Å². The number of aromatic nitrogens is 2. The Bertz CT molecular complexity index is 1230. The maximum atomic E-state index is 13.4. The van der Waals surface area contributed by atoms with E-state index in [2.05, 4.69) is 22.9 Å². The lowest BCUT2D eigenvalue weighted by Gasteiger charge is -2.11. The molecule has 1 fully saturated rings. The average molecular weight is 391 g/mol. The third-order valence-corrected chi connectivity index (χ3v) is 5.74. The Hall–Kier alpha value is -3.15. The van der Waals surface area contributed by atoms with Gasteiger partial charge in [0, 0.05) is 23.8 Å². The Labute approximate surface area is 167 Å². The molecule has 1 amide bonds. The molecule has 5 rings (SSSR count). The molecule has 148 valence electrons. The molecule has 0 spiro atoms. The van der Waals surface area contributed by atoms with Crippen LogP contribution < -0.4 is 5.32 Å². The third-order valence-electron chi connectivity index (χ3n) is 5.74. The number of hydrogen-bond donors (Lipinski definition) is 1. The van der Waals surface area contributed by atoms with Crippen molar-refractivity contribution in [3.8, 4) is 0 Å². The fraction of sp³-hybridized carbons (Fsp3) is 0.304. The Balaban J connectivity index is 1.32. The summed E-state index contributed by atoms with van der Waals surface area (Å²) >= 11 is 0. The fourth-order valence-electron chi connectivity index (χ4n) is 4.12. The summed E-state index contributed by atoms with van der Waals surface area (Å²) in [5, 5.41) is 3.74. The fourth-order valence-corrected chi connectivity index (χ4v) is 4.12. The Kier molecular flexibility index (Phi) is 4.15. The van der Waals surface area contributed by atoms with Crippen LogP contribution in [-0.4, -0.2) is 15.5 Å². The van der Waals surface area contributed by atoms with E-state index >= 15 is 0 Å². The molecule has 0 radical (unpaired) electrons. The van der Waals surface area contributed by atoms with Crippen LogP contribution in [-0.2, 0) is 11.3 Å². The zero-order valence-electron chi connectivity index (χ0n) is 16.4. The van der Waals surface area contributed by atoms with Gasteiger partial charge in [0.25, 0.3) is 0 Å². The van der Waals surface area contributed by atoms with Crippen LogP contribution in [0.1, 0.15) is 43.8 Å². The van der Waals surface area contributed by atoms with Crippen LogP contribution >= 0.6 is 0 Å². The standard InChI is InChI=1S/C23H22FN3O2/c1-3-27-19-7-5-4-6-18(19)26-22(27)16-12-17(16)23(28)25-13(2)21-11-14-10-15(24)8-9-20(14)29-21/h4-11,13,16-17H,3,12H2,1-2H3,(H,25,28)/t13-,16+,17+/m1/s1. The molecule has 2 aromatic carbocycles. The molecule has 1 aliphatic rings. The molecule has 1 N–H and O–H groups in total. The Morgan fingerprint density at radius 2 is 2.14 bits per heavy atom. The zero-order chi connectivity index (χ0) is 20.1. The number of nitrogens with one attached hydrogen (secondary N) is 1. The number of furan rings is 1. The molecule has 1 aliphatic carbocycles. The normalized spacial score (nSPS) is 19.6. The van der Waals surface area contributed by atoms with Crippen molar-refractivity contribution in [1.82, 2.24) is 14.9 Å². The van der Waals surface area contributed by atoms with E-state index in [1.807, 2.05) is 25.1 Å². The van der Waals surface area contributed by atoms with Crippen LogP contribution in [0.5, 0.6) is 0 Å². The van der Waals surface area contributed by atoms with E-state index in [1.54, 1.807) is 12.1 Å². The van der Waals surface area contributed by atoms with Gasteiger partial charge >= 0.3 is 0 Å². The van der Waals surface area contributed by atoms with E-state index in [-0.39, 0.29) is 29.6 Å². The number of benzene rings is 2. The summed E-state index contributed by atoms with van der Waals surface area (Å²) in [6.07, 6.45) is 0.799. The summed E-state index contributed by atoms with van der Waals surface area (Å²) in [5.74, 6) is 1.36. The minimum atomic E-state index is -0.304. The monoisotopic (exact) mass is 391 g/mol. The van der Waals surface area contributed by atoms with Crippen molar-refractivity contribution in [1.29, 1.82) is 0 Å². The van der Waals surface area contributed by atoms with Gasteiger partial charge in [-0.05, 0) is 56.7 Å². The maximum absolute atomic E-state index is 13.4. The number of rotatable bonds is 5. The van der Waals surface area contributed by atoms with Gasteiger partial charge in [0.15, 0.2) is 0 Å². The number of hydrogen-bond acceptors (Lipinski definition) is 3. The van der Waals surface area contributed by atoms with Crippen LogP contribution in [0.25, 0.3) is 22.0 Å². The largest absolute Gasteiger partial charge is 0.459 e. The molecule has 1 saturated carbocycles. The first kappa shape index (κ1) is 17.9. The Morgan fingerprint density at radius 3 is 2.97 bits per heavy atom. The summed E-state index contributed by atoms with van der Waals surface area (Å²) in [5.41, 5.74) is 2.70. The second kappa shape index (κ2) is 6.72. The predicted molar refractivity (Wildman–Crippen MR) is 109 cm³/mol. The highest BCUT2D eigenvalue weighted by molar-refractivity contribution is 5.84. The molecule has 0 aliphatic heterocycles. The van der Waals surface area contributed by atoms with Gasteiger partial charge in [-0.3, -0.25) is 4.79 Å². The molecule has 3 atom stereocenters. The first-order chi connectivity index (χ1) is 14.0. The number of carbonyl (C=O) groups is 1. The predicted octanol–water partition coefficient (Wildman–Crippen LogP) is 4.92. The second-order valence-corrected chi connectivity index (χ2v) is 7.71. The number of fused-ring (bicyclic) bond motifs is 2. The summed E-state index contributed by atoms with van der Waals surface area (Å²) in [7, 11) is 0. The average Bonchev–Trinajstić information content (AvgIpc) is 3.25. The van der Waals surface area contributed by atoms with Crippen molar-refractivity contribution in [3.63, 3.8) is 0 Å². The zero-order valence-corrected chi connectivity index (χ0v) is 16.4. The molecular weight excluding hydrogens is 369 g/mol. The number of halogens is 1. The number of imidazole rings is 1. The number of amides is 1. The van der Waals surface area contributed by atoms with Gasteiger partial charge in [-0.25, -0.2) is 9.37 Å². The van der Waals surface area contributed by atoms with Crippen molar-refractivity contribution in [2.45, 2.75) is 38.8 Å². The molecule has 2 heterocycles. The van der Waals surface area contributed by atoms with Gasteiger partial charge < -0.3 is 14.3 Å². The number of carbonyl (C=O) groups excluding carboxylic acids is 1. The lowest BCUT2D eigenvalue weighted by Crippen LogP contribution is -2.28. The number of para-hydroxylation sites is 2. The molecule has 29 heavy (non-hydrogen) atoms. The first-order valence-corrected chi connectivity index (χ1v) is 9.99. The smallest absolute Gasteiger partial charge is 0.224 e. The molecule has 2 aromatic heterocycles. The summed E-state index contributed by atoms with van der Waals surface area (Å²) < 4.78 is 21.4. The molecular formula is C23H22FN3O2. The van der Waals surface area contributed by atoms with Gasteiger partial charge in [0.2, 0.25) is 5.91 Å². The van der Waals surface area contributed by atoms with Crippen LogP contribution in [0.2, 0.25) is 0 Å². The molecule has 0 unspecified atom stereocenters. The van der Waals surface area contributed by atoms with Crippen molar-refractivity contribution in [2.24, 2.45) is 5.92 Å². The molecule has 5 nitrogen and oxygen atoms in total. The van der Waals surface area contributed by atoms with E-state index in [4.69, 9.17) is 9.40 Å². The highest BCUT2D eigenvalue weighted by Gasteiger charge is 2.47. The van der Waals surface area contributed by atoms with Gasteiger partial charge in [0.05, 0.1) is 17.1 Å².